The van der Waals surface area contributed by atoms with Crippen molar-refractivity contribution < 1.29 is 47.3 Å². The van der Waals surface area contributed by atoms with Crippen molar-refractivity contribution in [2.24, 2.45) is 17.8 Å². The molecule has 0 saturated carbocycles. The second kappa shape index (κ2) is 40.0. The highest BCUT2D eigenvalue weighted by Crippen LogP contribution is 2.47. The Morgan fingerprint density at radius 2 is 1.37 bits per heavy atom. The number of nitrogens with two attached hydrogens (primary N) is 1. The van der Waals surface area contributed by atoms with Crippen LogP contribution in [0.4, 0.5) is 22.9 Å². The van der Waals surface area contributed by atoms with Gasteiger partial charge in [0.2, 0.25) is 17.2 Å². The van der Waals surface area contributed by atoms with Crippen LogP contribution in [0.25, 0.3) is 54.0 Å². The zero-order chi connectivity index (χ0) is 83.7. The fourth-order valence-electron chi connectivity index (χ4n) is 16.8. The Morgan fingerprint density at radius 3 is 2.12 bits per heavy atom. The van der Waals surface area contributed by atoms with Gasteiger partial charge in [0.15, 0.2) is 40.2 Å². The van der Waals surface area contributed by atoms with Crippen molar-refractivity contribution in [2.45, 2.75) is 210 Å². The standard InChI is InChI=1S/C18H19N3O.C15H16N2O.C14H16O.C12H12N2O2.C12H15NO3.C12H13NOS.C12H13NO.C2H6/c1-2-11-8-12-9-13(6-7-14(12)17(11)22)21-18-15-4-3-5-16(15)19-10-20-18;1-2-9-7-8-12-13(15(9)18)14(16)10-5-3-4-6-11(10)17-12;1-2-10-11-7-3-5-9-6-4-8-12(13(9)11)14(10)15;1-2-3-9-8-4-7-5-12(15)13-10(7)6-11(8)16-14-9;1-4-5-9-8-6-7-10(14-2)12(15-3)11(8)16-13-9;1-3-4-11(14)9-5-6-10-12(7-9)15-8(2)13-10;1-2-5-12(14)11-8-9-6-3-4-7-10(9)13-11;1-2/h6-7,9-11H,2-5,8H2,1H3,(H,19,20,21);3-6,9H,2,7-8H2,1H3,(H2,16,17);4,6,8,10-11H,2-3,5,7H2,1H3;4,6H,2-3,5H2,1H3,(H,13,15);6-7H,4-5H2,1-3H3;5-7H,3-4H2,1-2H3;3-4,6-8,13H,2,5H2,1H3;1-2H3. The van der Waals surface area contributed by atoms with Gasteiger partial charge in [-0.2, -0.15) is 0 Å². The molecule has 7 aromatic carbocycles. The van der Waals surface area contributed by atoms with E-state index >= 15 is 0 Å². The van der Waals surface area contributed by atoms with Crippen molar-refractivity contribution >= 4 is 123 Å². The molecule has 118 heavy (non-hydrogen) atoms. The number of H-pyrrole nitrogens is 1. The van der Waals surface area contributed by atoms with E-state index in [4.69, 9.17) is 24.3 Å². The van der Waals surface area contributed by atoms with Gasteiger partial charge in [-0.1, -0.05) is 140 Å². The molecule has 0 fully saturated rings. The molecule has 0 bridgehead atoms. The van der Waals surface area contributed by atoms with Crippen LogP contribution in [0.1, 0.15) is 259 Å². The number of aromatic nitrogens is 7. The van der Waals surface area contributed by atoms with E-state index in [0.29, 0.717) is 65.1 Å². The molecule has 0 saturated heterocycles. The lowest BCUT2D eigenvalue weighted by atomic mass is 9.79. The van der Waals surface area contributed by atoms with Gasteiger partial charge in [-0.05, 0) is 211 Å². The number of aryl methyl sites for hydroxylation is 6. The number of fused-ring (bicyclic) bond motifs is 9. The molecule has 21 heteroatoms. The SMILES string of the molecule is CC.CCC1C(=O)c2cccc3c2C1CCC3.CCC1CCc2nc3ccccc3c(N)c2C1=O.CCC1Cc2cc(Nc3ncnc4c3CCC4)ccc2C1=O.CCCC(=O)c1cc2ccccc2[nH]1.CCCC(=O)c1ccc2nc(C)sc2c1.CCCc1noc2c(OC)c(OC)ccc12.CCCc1noc2cc3c(cc12)CC(=O)N3. The highest BCUT2D eigenvalue weighted by Gasteiger charge is 2.41. The highest BCUT2D eigenvalue weighted by molar-refractivity contribution is 7.18. The number of pyridine rings is 1. The van der Waals surface area contributed by atoms with E-state index in [1.165, 1.54) is 41.6 Å². The molecule has 614 valence electrons. The summed E-state index contributed by atoms with van der Waals surface area (Å²) in [7, 11) is 3.20. The number of carbonyl (C=O) groups excluding carboxylic acids is 6. The van der Waals surface area contributed by atoms with Gasteiger partial charge in [0.1, 0.15) is 12.1 Å². The van der Waals surface area contributed by atoms with Crippen molar-refractivity contribution in [1.82, 2.24) is 35.2 Å². The van der Waals surface area contributed by atoms with Gasteiger partial charge in [0.05, 0.1) is 75.4 Å². The van der Waals surface area contributed by atoms with E-state index in [1.54, 1.807) is 31.9 Å². The quantitative estimate of drug-likeness (QED) is 0.0616. The number of ether oxygens (including phenoxy) is 2. The molecule has 0 radical (unpaired) electrons. The number of carbonyl (C=O) groups is 6. The van der Waals surface area contributed by atoms with Gasteiger partial charge in [-0.15, -0.1) is 11.3 Å². The minimum Gasteiger partial charge on any atom is -0.493 e. The van der Waals surface area contributed by atoms with Crippen molar-refractivity contribution in [2.75, 3.05) is 30.6 Å². The second-order valence-corrected chi connectivity index (χ2v) is 31.7. The molecule has 19 rings (SSSR count). The monoisotopic (exact) mass is 1610 g/mol. The summed E-state index contributed by atoms with van der Waals surface area (Å²) in [5.41, 5.74) is 27.4. The van der Waals surface area contributed by atoms with Crippen LogP contribution in [-0.4, -0.2) is 84.3 Å². The first-order chi connectivity index (χ1) is 57.4. The largest absolute Gasteiger partial charge is 0.493 e. The third kappa shape index (κ3) is 19.0. The number of para-hydroxylation sites is 2. The Hall–Kier alpha value is -11.6. The average Bonchev–Trinajstić information content (AvgIpc) is 1.26. The molecule has 6 aliphatic rings. The second-order valence-electron chi connectivity index (χ2n) is 30.5. The molecule has 4 unspecified atom stereocenters. The van der Waals surface area contributed by atoms with Crippen molar-refractivity contribution in [3.05, 3.63) is 223 Å². The molecule has 5 N–H and O–H groups in total. The number of ketones is 5. The third-order valence-electron chi connectivity index (χ3n) is 22.8. The molecular weight excluding hydrogens is 1500 g/mol. The molecule has 20 nitrogen and oxygen atoms in total. The topological polar surface area (TPSA) is 290 Å². The van der Waals surface area contributed by atoms with Crippen LogP contribution in [0.3, 0.4) is 0 Å². The van der Waals surface area contributed by atoms with E-state index in [9.17, 15) is 28.8 Å². The number of hydrogen-bond donors (Lipinski definition) is 4. The minimum atomic E-state index is 0.0488. The van der Waals surface area contributed by atoms with Gasteiger partial charge < -0.3 is 39.9 Å². The maximum atomic E-state index is 12.4. The van der Waals surface area contributed by atoms with Crippen LogP contribution in [0, 0.1) is 24.7 Å². The van der Waals surface area contributed by atoms with Crippen LogP contribution >= 0.6 is 11.3 Å². The van der Waals surface area contributed by atoms with Crippen LogP contribution in [0.2, 0.25) is 0 Å². The number of anilines is 4. The van der Waals surface area contributed by atoms with E-state index < -0.39 is 0 Å². The summed E-state index contributed by atoms with van der Waals surface area (Å²) in [6.45, 7) is 20.5. The maximum absolute atomic E-state index is 12.4. The average molecular weight is 1610 g/mol. The lowest BCUT2D eigenvalue weighted by Crippen LogP contribution is -2.24. The number of methoxy groups -OCH3 is 2. The van der Waals surface area contributed by atoms with E-state index in [1.807, 2.05) is 156 Å². The zero-order valence-corrected chi connectivity index (χ0v) is 71.0. The predicted molar refractivity (Wildman–Crippen MR) is 472 cm³/mol. The van der Waals surface area contributed by atoms with Gasteiger partial charge in [-0.25, -0.2) is 15.0 Å². The fourth-order valence-corrected chi connectivity index (χ4v) is 17.7. The summed E-state index contributed by atoms with van der Waals surface area (Å²) in [5, 5.41) is 19.4. The molecule has 7 heterocycles. The number of benzene rings is 7. The summed E-state index contributed by atoms with van der Waals surface area (Å²) in [4.78, 5) is 92.1. The summed E-state index contributed by atoms with van der Waals surface area (Å²) in [6.07, 6.45) is 21.3. The van der Waals surface area contributed by atoms with Crippen LogP contribution in [0.5, 0.6) is 11.5 Å². The highest BCUT2D eigenvalue weighted by atomic mass is 32.1. The molecule has 6 aromatic heterocycles. The molecule has 4 atom stereocenters. The van der Waals surface area contributed by atoms with Crippen LogP contribution in [0.15, 0.2) is 149 Å². The van der Waals surface area contributed by atoms with E-state index in [0.717, 1.165) is 217 Å². The zero-order valence-electron chi connectivity index (χ0n) is 70.2. The molecular formula is C97H110N10O10S. The van der Waals surface area contributed by atoms with Crippen molar-refractivity contribution in [3.8, 4) is 11.5 Å². The Bertz CT molecular complexity index is 5760. The van der Waals surface area contributed by atoms with E-state index in [-0.39, 0.29) is 41.0 Å². The Morgan fingerprint density at radius 1 is 0.619 bits per heavy atom. The molecule has 13 aromatic rings. The minimum absolute atomic E-state index is 0.0488. The Labute approximate surface area is 694 Å². The van der Waals surface area contributed by atoms with Crippen LogP contribution in [-0.2, 0) is 56.2 Å². The van der Waals surface area contributed by atoms with Crippen molar-refractivity contribution in [3.63, 3.8) is 0 Å². The number of Topliss-reactive ketones (excluding diaryl/α,β-unsaturated/α-hetero) is 5. The lowest BCUT2D eigenvalue weighted by molar-refractivity contribution is -0.115. The first kappa shape index (κ1) is 85.8. The first-order valence-corrected chi connectivity index (χ1v) is 43.1. The predicted octanol–water partition coefficient (Wildman–Crippen LogP) is 22.6. The lowest BCUT2D eigenvalue weighted by Gasteiger charge is -2.24. The summed E-state index contributed by atoms with van der Waals surface area (Å²) in [5.74, 6) is 4.63. The molecule has 0 spiro atoms. The van der Waals surface area contributed by atoms with Gasteiger partial charge in [0, 0.05) is 103 Å². The van der Waals surface area contributed by atoms with Gasteiger partial charge in [-0.3, -0.25) is 33.8 Å². The number of nitrogens with one attached hydrogen (secondary N) is 3. The molecule has 5 aliphatic carbocycles. The van der Waals surface area contributed by atoms with Gasteiger partial charge >= 0.3 is 0 Å². The molecule has 1 amide bonds. The number of hydrogen-bond acceptors (Lipinski definition) is 19. The first-order valence-electron chi connectivity index (χ1n) is 42.3. The number of aromatic amines is 1. The smallest absolute Gasteiger partial charge is 0.228 e. The summed E-state index contributed by atoms with van der Waals surface area (Å²) >= 11 is 1.64. The molecule has 1 aliphatic heterocycles. The third-order valence-corrected chi connectivity index (χ3v) is 23.7. The Balaban J connectivity index is 0.000000127. The number of amides is 1. The fraction of sp³-hybridized carbons (Fsp3) is 0.381. The Kier molecular flexibility index (Phi) is 29.1. The number of nitrogen functional groups attached to an aromatic ring is 1. The normalized spacial score (nSPS) is 16.1. The number of nitrogens with zero attached hydrogens (tertiary/aromatic N) is 6. The summed E-state index contributed by atoms with van der Waals surface area (Å²) < 4.78 is 22.2. The number of thiazole rings is 1. The maximum Gasteiger partial charge on any atom is 0.228 e. The van der Waals surface area contributed by atoms with Gasteiger partial charge in [0.25, 0.3) is 0 Å². The van der Waals surface area contributed by atoms with E-state index in [2.05, 4.69) is 92.6 Å². The summed E-state index contributed by atoms with van der Waals surface area (Å²) in [6, 6.07) is 43.4. The number of rotatable bonds is 17. The van der Waals surface area contributed by atoms with Crippen molar-refractivity contribution in [1.29, 1.82) is 0 Å². The van der Waals surface area contributed by atoms with Crippen LogP contribution < -0.4 is 25.8 Å².